The summed E-state index contributed by atoms with van der Waals surface area (Å²) >= 11 is 54.3. The van der Waals surface area contributed by atoms with Gasteiger partial charge in [0.2, 0.25) is 0 Å². The molecule has 0 spiro atoms. The van der Waals surface area contributed by atoms with Crippen molar-refractivity contribution >= 4 is 239 Å². The summed E-state index contributed by atoms with van der Waals surface area (Å²) in [5.41, 5.74) is 2.78. The van der Waals surface area contributed by atoms with Crippen molar-refractivity contribution in [2.24, 2.45) is 0 Å². The van der Waals surface area contributed by atoms with Gasteiger partial charge in [0.1, 0.15) is 19.8 Å². The highest BCUT2D eigenvalue weighted by Gasteiger charge is 2.22. The van der Waals surface area contributed by atoms with Crippen LogP contribution in [0, 0.1) is 0 Å². The maximum atomic E-state index is 6.35. The quantitative estimate of drug-likeness (QED) is 0.123. The second-order valence-electron chi connectivity index (χ2n) is 8.72. The molecule has 0 amide bonds. The molecular weight excluding hydrogens is 1570 g/mol. The summed E-state index contributed by atoms with van der Waals surface area (Å²) in [5, 5.41) is 0. The largest absolute Gasteiger partial charge is 0.486 e. The van der Waals surface area contributed by atoms with E-state index in [1.807, 2.05) is 0 Å². The fourth-order valence-corrected chi connectivity index (χ4v) is 13.4. The molecule has 0 atom stereocenters. The van der Waals surface area contributed by atoms with Crippen LogP contribution in [0.1, 0.15) is 16.7 Å². The fraction of sp³-hybridized carbons (Fsp3) is 0.111. The Hall–Kier alpha value is 3.48. The monoisotopic (exact) mass is 1560 g/mol. The van der Waals surface area contributed by atoms with Crippen molar-refractivity contribution < 1.29 is 14.2 Å². The lowest BCUT2D eigenvalue weighted by Crippen LogP contribution is -2.05. The number of ether oxygens (including phenoxy) is 3. The van der Waals surface area contributed by atoms with Crippen LogP contribution in [0.4, 0.5) is 0 Å². The van der Waals surface area contributed by atoms with Gasteiger partial charge in [-0.15, -0.1) is 0 Å². The van der Waals surface area contributed by atoms with Gasteiger partial charge in [-0.2, -0.15) is 0 Å². The third-order valence-electron chi connectivity index (χ3n) is 5.77. The number of hydrogen-bond donors (Lipinski definition) is 0. The standard InChI is InChI=1S/C27H9Br15O3/c28-10-13(31)19(37)25(20(38)14(10)32)43-4-7-1-8(5-44-26-21(39)15(33)11(29)16(34)22(26)40)3-9(2-7)6-45-27-23(41)17(35)12(30)18(36)24(27)42/h1-3H,4-6H2. The maximum absolute atomic E-state index is 6.35. The normalized spacial score (nSPS) is 11.3. The van der Waals surface area contributed by atoms with Crippen molar-refractivity contribution in [3.63, 3.8) is 0 Å². The predicted molar refractivity (Wildman–Crippen MR) is 234 cm³/mol. The van der Waals surface area contributed by atoms with E-state index in [1.54, 1.807) is 0 Å². The minimum atomic E-state index is 0.282. The lowest BCUT2D eigenvalue weighted by molar-refractivity contribution is 0.289. The molecule has 0 bridgehead atoms. The maximum Gasteiger partial charge on any atom is 0.150 e. The van der Waals surface area contributed by atoms with E-state index in [0.29, 0.717) is 17.2 Å². The zero-order chi connectivity index (χ0) is 33.5. The third kappa shape index (κ3) is 9.35. The highest BCUT2D eigenvalue weighted by Crippen LogP contribution is 2.51. The van der Waals surface area contributed by atoms with Crippen LogP contribution in [0.3, 0.4) is 0 Å². The van der Waals surface area contributed by atoms with Crippen LogP contribution in [-0.2, 0) is 19.8 Å². The van der Waals surface area contributed by atoms with Crippen molar-refractivity contribution in [1.82, 2.24) is 0 Å². The summed E-state index contributed by atoms with van der Waals surface area (Å²) < 4.78 is 31.2. The van der Waals surface area contributed by atoms with Gasteiger partial charge in [0.15, 0.2) is 17.2 Å². The van der Waals surface area contributed by atoms with Gasteiger partial charge >= 0.3 is 0 Å². The van der Waals surface area contributed by atoms with E-state index in [0.717, 1.165) is 83.8 Å². The van der Waals surface area contributed by atoms with Gasteiger partial charge in [-0.25, -0.2) is 0 Å². The fourth-order valence-electron chi connectivity index (χ4n) is 3.69. The minimum Gasteiger partial charge on any atom is -0.486 e. The molecule has 4 rings (SSSR count). The van der Waals surface area contributed by atoms with Crippen LogP contribution in [0.15, 0.2) is 85.3 Å². The van der Waals surface area contributed by atoms with E-state index in [9.17, 15) is 0 Å². The highest BCUT2D eigenvalue weighted by atomic mass is 79.9. The van der Waals surface area contributed by atoms with Gasteiger partial charge in [0, 0.05) is 13.4 Å². The van der Waals surface area contributed by atoms with Crippen LogP contribution >= 0.6 is 239 Å². The molecule has 45 heavy (non-hydrogen) atoms. The van der Waals surface area contributed by atoms with Gasteiger partial charge in [0.25, 0.3) is 0 Å². The Kier molecular flexibility index (Phi) is 16.5. The van der Waals surface area contributed by atoms with E-state index < -0.39 is 0 Å². The van der Waals surface area contributed by atoms with E-state index in [1.165, 1.54) is 0 Å². The Balaban J connectivity index is 1.69. The molecule has 4 aromatic rings. The Morgan fingerprint density at radius 1 is 0.267 bits per heavy atom. The SMILES string of the molecule is Brc1c(Br)c(Br)c(OCc2cc(COc3c(Br)c(Br)c(Br)c(Br)c3Br)cc(COc3c(Br)c(Br)c(Br)c(Br)c3Br)c2)c(Br)c1Br. The molecule has 0 fully saturated rings. The first-order valence-corrected chi connectivity index (χ1v) is 23.5. The van der Waals surface area contributed by atoms with Crippen molar-refractivity contribution in [3.8, 4) is 17.2 Å². The Bertz CT molecular complexity index is 1520. The topological polar surface area (TPSA) is 27.7 Å². The van der Waals surface area contributed by atoms with E-state index in [2.05, 4.69) is 257 Å². The lowest BCUT2D eigenvalue weighted by atomic mass is 10.1. The molecule has 4 aromatic carbocycles. The van der Waals surface area contributed by atoms with Crippen molar-refractivity contribution in [1.29, 1.82) is 0 Å². The number of benzene rings is 4. The van der Waals surface area contributed by atoms with E-state index in [-0.39, 0.29) is 19.8 Å². The lowest BCUT2D eigenvalue weighted by Gasteiger charge is -2.18. The molecule has 0 N–H and O–H groups in total. The summed E-state index contributed by atoms with van der Waals surface area (Å²) in [7, 11) is 0. The Labute approximate surface area is 385 Å². The summed E-state index contributed by atoms with van der Waals surface area (Å²) in [4.78, 5) is 0. The molecule has 0 aliphatic carbocycles. The molecule has 0 aliphatic rings. The molecule has 18 heteroatoms. The molecule has 0 aromatic heterocycles. The van der Waals surface area contributed by atoms with Gasteiger partial charge in [-0.05, 0) is 274 Å². The summed E-state index contributed by atoms with van der Waals surface area (Å²) in [6, 6.07) is 6.16. The van der Waals surface area contributed by atoms with Gasteiger partial charge in [-0.3, -0.25) is 0 Å². The van der Waals surface area contributed by atoms with Gasteiger partial charge < -0.3 is 14.2 Å². The first-order valence-electron chi connectivity index (χ1n) is 11.6. The molecular formula is C27H9Br15O3. The molecule has 0 heterocycles. The van der Waals surface area contributed by atoms with Crippen LogP contribution in [0.25, 0.3) is 0 Å². The van der Waals surface area contributed by atoms with Crippen LogP contribution in [-0.4, -0.2) is 0 Å². The zero-order valence-electron chi connectivity index (χ0n) is 21.2. The second-order valence-corrected chi connectivity index (χ2v) is 20.6. The van der Waals surface area contributed by atoms with E-state index in [4.69, 9.17) is 14.2 Å². The Morgan fingerprint density at radius 3 is 0.600 bits per heavy atom. The molecule has 0 saturated heterocycles. The summed E-state index contributed by atoms with van der Waals surface area (Å²) in [6.45, 7) is 0.846. The molecule has 0 unspecified atom stereocenters. The zero-order valence-corrected chi connectivity index (χ0v) is 45.0. The third-order valence-corrected chi connectivity index (χ3v) is 23.8. The average molecular weight is 1580 g/mol. The smallest absolute Gasteiger partial charge is 0.150 e. The number of rotatable bonds is 9. The molecule has 0 radical (unpaired) electrons. The molecule has 3 nitrogen and oxygen atoms in total. The van der Waals surface area contributed by atoms with Crippen LogP contribution in [0.5, 0.6) is 17.2 Å². The van der Waals surface area contributed by atoms with Gasteiger partial charge in [0.05, 0.1) is 53.7 Å². The van der Waals surface area contributed by atoms with Crippen molar-refractivity contribution in [2.45, 2.75) is 19.8 Å². The van der Waals surface area contributed by atoms with Crippen molar-refractivity contribution in [3.05, 3.63) is 102 Å². The Morgan fingerprint density at radius 2 is 0.422 bits per heavy atom. The van der Waals surface area contributed by atoms with Crippen LogP contribution < -0.4 is 14.2 Å². The molecule has 0 aliphatic heterocycles. The summed E-state index contributed by atoms with van der Waals surface area (Å²) in [6.07, 6.45) is 0. The second kappa shape index (κ2) is 18.0. The molecule has 240 valence electrons. The van der Waals surface area contributed by atoms with Gasteiger partial charge in [-0.1, -0.05) is 0 Å². The number of hydrogen-bond acceptors (Lipinski definition) is 3. The minimum absolute atomic E-state index is 0.282. The first kappa shape index (κ1) is 41.2. The first-order chi connectivity index (χ1) is 21.1. The summed E-state index contributed by atoms with van der Waals surface area (Å²) in [5.74, 6) is 1.93. The van der Waals surface area contributed by atoms with Crippen LogP contribution in [0.2, 0.25) is 0 Å². The predicted octanol–water partition coefficient (Wildman–Crippen LogP) is 17.9. The molecule has 0 saturated carbocycles. The van der Waals surface area contributed by atoms with E-state index >= 15 is 0 Å². The highest BCUT2D eigenvalue weighted by molar-refractivity contribution is 9.17. The van der Waals surface area contributed by atoms with Crippen molar-refractivity contribution in [2.75, 3.05) is 0 Å². The number of halogens is 15. The average Bonchev–Trinajstić information content (AvgIpc) is 3.02.